The lowest BCUT2D eigenvalue weighted by molar-refractivity contribution is -0.686. The van der Waals surface area contributed by atoms with Crippen molar-refractivity contribution in [3.63, 3.8) is 0 Å². The predicted molar refractivity (Wildman–Crippen MR) is 65.1 cm³/mol. The molecule has 1 atom stereocenters. The van der Waals surface area contributed by atoms with E-state index in [0.29, 0.717) is 18.4 Å². The van der Waals surface area contributed by atoms with Crippen LogP contribution in [0.3, 0.4) is 0 Å². The van der Waals surface area contributed by atoms with Gasteiger partial charge in [0.05, 0.1) is 11.0 Å². The van der Waals surface area contributed by atoms with Gasteiger partial charge in [-0.1, -0.05) is 6.92 Å². The largest absolute Gasteiger partial charge is 0.488 e. The summed E-state index contributed by atoms with van der Waals surface area (Å²) < 4.78 is 5.48. The molecule has 5 nitrogen and oxygen atoms in total. The SMILES string of the molecule is CC[C@@H](C)[NH2+]CCOc1ccc([N+](=O)[O-])cc1. The normalized spacial score (nSPS) is 12.1. The highest BCUT2D eigenvalue weighted by Gasteiger charge is 2.05. The van der Waals surface area contributed by atoms with Crippen LogP contribution in [0.25, 0.3) is 0 Å². The smallest absolute Gasteiger partial charge is 0.269 e. The van der Waals surface area contributed by atoms with Crippen molar-refractivity contribution in [2.45, 2.75) is 26.3 Å². The zero-order chi connectivity index (χ0) is 12.7. The molecule has 0 heterocycles. The van der Waals surface area contributed by atoms with Crippen LogP contribution in [-0.4, -0.2) is 24.1 Å². The van der Waals surface area contributed by atoms with Crippen LogP contribution >= 0.6 is 0 Å². The van der Waals surface area contributed by atoms with E-state index in [-0.39, 0.29) is 5.69 Å². The summed E-state index contributed by atoms with van der Waals surface area (Å²) >= 11 is 0. The van der Waals surface area contributed by atoms with Crippen molar-refractivity contribution >= 4 is 5.69 Å². The quantitative estimate of drug-likeness (QED) is 0.443. The molecule has 0 bridgehead atoms. The maximum atomic E-state index is 10.4. The molecule has 1 rings (SSSR count). The third kappa shape index (κ3) is 4.82. The van der Waals surface area contributed by atoms with Gasteiger partial charge in [-0.3, -0.25) is 10.1 Å². The van der Waals surface area contributed by atoms with E-state index in [1.807, 2.05) is 0 Å². The lowest BCUT2D eigenvalue weighted by Gasteiger charge is -2.09. The number of ether oxygens (including phenoxy) is 1. The number of nitrogens with two attached hydrogens (primary N) is 1. The number of nitrogens with zero attached hydrogens (tertiary/aromatic N) is 1. The fourth-order valence-corrected chi connectivity index (χ4v) is 1.36. The van der Waals surface area contributed by atoms with E-state index < -0.39 is 4.92 Å². The first-order valence-electron chi connectivity index (χ1n) is 5.84. The minimum Gasteiger partial charge on any atom is -0.488 e. The second-order valence-corrected chi connectivity index (χ2v) is 4.01. The van der Waals surface area contributed by atoms with Crippen molar-refractivity contribution in [2.75, 3.05) is 13.2 Å². The first-order chi connectivity index (χ1) is 8.13. The zero-order valence-corrected chi connectivity index (χ0v) is 10.3. The molecule has 0 fully saturated rings. The van der Waals surface area contributed by atoms with Crippen LogP contribution in [0.5, 0.6) is 5.75 Å². The Morgan fingerprint density at radius 1 is 1.41 bits per heavy atom. The highest BCUT2D eigenvalue weighted by atomic mass is 16.6. The molecule has 1 aromatic rings. The number of nitro benzene ring substituents is 1. The van der Waals surface area contributed by atoms with E-state index in [4.69, 9.17) is 4.74 Å². The van der Waals surface area contributed by atoms with Crippen LogP contribution in [0.2, 0.25) is 0 Å². The van der Waals surface area contributed by atoms with E-state index in [1.54, 1.807) is 12.1 Å². The number of hydrogen-bond acceptors (Lipinski definition) is 3. The molecule has 0 spiro atoms. The van der Waals surface area contributed by atoms with Crippen molar-refractivity contribution in [3.8, 4) is 5.75 Å². The third-order valence-corrected chi connectivity index (χ3v) is 2.65. The molecule has 94 valence electrons. The molecule has 0 amide bonds. The van der Waals surface area contributed by atoms with Gasteiger partial charge in [-0.25, -0.2) is 0 Å². The molecule has 17 heavy (non-hydrogen) atoms. The number of hydrogen-bond donors (Lipinski definition) is 1. The fourth-order valence-electron chi connectivity index (χ4n) is 1.36. The van der Waals surface area contributed by atoms with Crippen molar-refractivity contribution in [3.05, 3.63) is 34.4 Å². The Morgan fingerprint density at radius 3 is 2.59 bits per heavy atom. The number of rotatable bonds is 7. The Kier molecular flexibility index (Phi) is 5.42. The van der Waals surface area contributed by atoms with E-state index >= 15 is 0 Å². The molecule has 1 aromatic carbocycles. The number of quaternary nitrogens is 1. The minimum absolute atomic E-state index is 0.0866. The molecular weight excluding hydrogens is 220 g/mol. The van der Waals surface area contributed by atoms with Crippen molar-refractivity contribution < 1.29 is 15.0 Å². The summed E-state index contributed by atoms with van der Waals surface area (Å²) in [6.45, 7) is 5.83. The average Bonchev–Trinajstić information content (AvgIpc) is 2.34. The standard InChI is InChI=1S/C12H18N2O3/c1-3-10(2)13-8-9-17-12-6-4-11(5-7-12)14(15)16/h4-7,10,13H,3,8-9H2,1-2H3/p+1/t10-/m1/s1. The monoisotopic (exact) mass is 239 g/mol. The predicted octanol–water partition coefficient (Wildman–Crippen LogP) is 1.34. The molecule has 0 aliphatic carbocycles. The second kappa shape index (κ2) is 6.85. The Bertz CT molecular complexity index is 351. The van der Waals surface area contributed by atoms with Gasteiger partial charge in [0.1, 0.15) is 18.9 Å². The Morgan fingerprint density at radius 2 is 2.06 bits per heavy atom. The summed E-state index contributed by atoms with van der Waals surface area (Å²) in [5.41, 5.74) is 0.0866. The van der Waals surface area contributed by atoms with Gasteiger partial charge in [-0.05, 0) is 25.5 Å². The molecule has 0 aliphatic heterocycles. The van der Waals surface area contributed by atoms with Crippen LogP contribution < -0.4 is 10.1 Å². The van der Waals surface area contributed by atoms with Crippen LogP contribution in [0.4, 0.5) is 5.69 Å². The minimum atomic E-state index is -0.416. The third-order valence-electron chi connectivity index (χ3n) is 2.65. The van der Waals surface area contributed by atoms with E-state index in [0.717, 1.165) is 13.0 Å². The molecule has 0 saturated heterocycles. The van der Waals surface area contributed by atoms with Gasteiger partial charge in [0.25, 0.3) is 5.69 Å². The van der Waals surface area contributed by atoms with Crippen molar-refractivity contribution in [1.82, 2.24) is 0 Å². The second-order valence-electron chi connectivity index (χ2n) is 4.01. The highest BCUT2D eigenvalue weighted by Crippen LogP contribution is 2.16. The maximum Gasteiger partial charge on any atom is 0.269 e. The molecule has 5 heteroatoms. The first kappa shape index (κ1) is 13.4. The van der Waals surface area contributed by atoms with E-state index in [1.165, 1.54) is 12.1 Å². The summed E-state index contributed by atoms with van der Waals surface area (Å²) in [5, 5.41) is 12.7. The average molecular weight is 239 g/mol. The maximum absolute atomic E-state index is 10.4. The van der Waals surface area contributed by atoms with Crippen LogP contribution in [0, 0.1) is 10.1 Å². The summed E-state index contributed by atoms with van der Waals surface area (Å²) in [6.07, 6.45) is 1.14. The lowest BCUT2D eigenvalue weighted by atomic mass is 10.3. The molecule has 0 aliphatic rings. The molecule has 0 aromatic heterocycles. The number of benzene rings is 1. The Balaban J connectivity index is 2.30. The molecule has 2 N–H and O–H groups in total. The van der Waals surface area contributed by atoms with Gasteiger partial charge in [-0.15, -0.1) is 0 Å². The zero-order valence-electron chi connectivity index (χ0n) is 10.3. The molecule has 0 saturated carbocycles. The van der Waals surface area contributed by atoms with Crippen LogP contribution in [0.15, 0.2) is 24.3 Å². The van der Waals surface area contributed by atoms with Gasteiger partial charge < -0.3 is 10.1 Å². The van der Waals surface area contributed by atoms with E-state index in [9.17, 15) is 10.1 Å². The summed E-state index contributed by atoms with van der Waals surface area (Å²) in [5.74, 6) is 0.674. The molecule has 0 radical (unpaired) electrons. The van der Waals surface area contributed by atoms with Gasteiger partial charge in [-0.2, -0.15) is 0 Å². The topological polar surface area (TPSA) is 69.0 Å². The van der Waals surface area contributed by atoms with Crippen LogP contribution in [0.1, 0.15) is 20.3 Å². The molecular formula is C12H19N2O3+. The van der Waals surface area contributed by atoms with Gasteiger partial charge >= 0.3 is 0 Å². The van der Waals surface area contributed by atoms with Crippen molar-refractivity contribution in [1.29, 1.82) is 0 Å². The van der Waals surface area contributed by atoms with E-state index in [2.05, 4.69) is 19.2 Å². The first-order valence-corrected chi connectivity index (χ1v) is 5.84. The Labute approximate surface area is 101 Å². The van der Waals surface area contributed by atoms with Gasteiger partial charge in [0, 0.05) is 12.1 Å². The van der Waals surface area contributed by atoms with Crippen LogP contribution in [-0.2, 0) is 0 Å². The van der Waals surface area contributed by atoms with Crippen molar-refractivity contribution in [2.24, 2.45) is 0 Å². The number of non-ortho nitro benzene ring substituents is 1. The fraction of sp³-hybridized carbons (Fsp3) is 0.500. The number of nitro groups is 1. The molecule has 0 unspecified atom stereocenters. The highest BCUT2D eigenvalue weighted by molar-refractivity contribution is 5.35. The van der Waals surface area contributed by atoms with Gasteiger partial charge in [0.15, 0.2) is 0 Å². The lowest BCUT2D eigenvalue weighted by Crippen LogP contribution is -2.90. The summed E-state index contributed by atoms with van der Waals surface area (Å²) in [7, 11) is 0. The summed E-state index contributed by atoms with van der Waals surface area (Å²) in [6, 6.07) is 6.76. The summed E-state index contributed by atoms with van der Waals surface area (Å²) in [4.78, 5) is 10.0. The Hall–Kier alpha value is -1.62. The van der Waals surface area contributed by atoms with Gasteiger partial charge in [0.2, 0.25) is 0 Å².